The van der Waals surface area contributed by atoms with Gasteiger partial charge >= 0.3 is 0 Å². The minimum absolute atomic E-state index is 0.778. The predicted octanol–water partition coefficient (Wildman–Crippen LogP) is 3.45. The highest BCUT2D eigenvalue weighted by Crippen LogP contribution is 2.05. The summed E-state index contributed by atoms with van der Waals surface area (Å²) in [7, 11) is 0. The minimum atomic E-state index is 0.778. The molecule has 0 bridgehead atoms. The molecule has 0 saturated heterocycles. The van der Waals surface area contributed by atoms with Crippen molar-refractivity contribution in [2.24, 2.45) is 0 Å². The van der Waals surface area contributed by atoms with E-state index in [0.717, 1.165) is 24.4 Å². The van der Waals surface area contributed by atoms with Gasteiger partial charge in [-0.15, -0.1) is 0 Å². The molecule has 0 fully saturated rings. The summed E-state index contributed by atoms with van der Waals surface area (Å²) in [6.45, 7) is 10.5. The first-order chi connectivity index (χ1) is 5.74. The summed E-state index contributed by atoms with van der Waals surface area (Å²) < 4.78 is 5.45. The first kappa shape index (κ1) is 11.0. The van der Waals surface area contributed by atoms with E-state index in [2.05, 4.69) is 13.5 Å². The second kappa shape index (κ2) is 6.71. The van der Waals surface area contributed by atoms with Crippen molar-refractivity contribution in [2.75, 3.05) is 6.61 Å². The smallest absolute Gasteiger partial charge is 0.115 e. The van der Waals surface area contributed by atoms with Gasteiger partial charge in [-0.25, -0.2) is 0 Å². The summed E-state index contributed by atoms with van der Waals surface area (Å²) in [6, 6.07) is 0. The molecule has 0 heterocycles. The summed E-state index contributed by atoms with van der Waals surface area (Å²) >= 11 is 0. The van der Waals surface area contributed by atoms with E-state index in [9.17, 15) is 0 Å². The number of hydrogen-bond donors (Lipinski definition) is 0. The summed E-state index contributed by atoms with van der Waals surface area (Å²) in [5, 5.41) is 0. The topological polar surface area (TPSA) is 9.23 Å². The van der Waals surface area contributed by atoms with Crippen LogP contribution in [0.4, 0.5) is 0 Å². The first-order valence-electron chi connectivity index (χ1n) is 4.34. The monoisotopic (exact) mass is 166 g/mol. The van der Waals surface area contributed by atoms with Crippen LogP contribution in [0, 0.1) is 0 Å². The van der Waals surface area contributed by atoms with E-state index in [1.807, 2.05) is 32.1 Å². The van der Waals surface area contributed by atoms with E-state index in [4.69, 9.17) is 4.74 Å². The standard InChI is InChI=1S/C11H18O/c1-5-8-12-11(7-3)9-10(4)6-2/h6-7,9H,2,5,8H2,1,3-4H3/b10-9-,11-7+. The van der Waals surface area contributed by atoms with Gasteiger partial charge in [-0.2, -0.15) is 0 Å². The van der Waals surface area contributed by atoms with E-state index >= 15 is 0 Å². The Balaban J connectivity index is 4.09. The molecule has 1 heteroatoms. The lowest BCUT2D eigenvalue weighted by Gasteiger charge is -2.04. The zero-order valence-corrected chi connectivity index (χ0v) is 8.26. The highest BCUT2D eigenvalue weighted by atomic mass is 16.5. The average Bonchev–Trinajstić information content (AvgIpc) is 2.11. The van der Waals surface area contributed by atoms with Gasteiger partial charge in [0.15, 0.2) is 0 Å². The van der Waals surface area contributed by atoms with Crippen molar-refractivity contribution in [3.05, 3.63) is 36.1 Å². The van der Waals surface area contributed by atoms with Crippen molar-refractivity contribution in [3.8, 4) is 0 Å². The fraction of sp³-hybridized carbons (Fsp3) is 0.455. The maximum Gasteiger partial charge on any atom is 0.115 e. The maximum absolute atomic E-state index is 5.45. The van der Waals surface area contributed by atoms with Crippen molar-refractivity contribution in [3.63, 3.8) is 0 Å². The van der Waals surface area contributed by atoms with Gasteiger partial charge in [0.2, 0.25) is 0 Å². The van der Waals surface area contributed by atoms with Crippen molar-refractivity contribution in [1.82, 2.24) is 0 Å². The molecule has 1 nitrogen and oxygen atoms in total. The molecule has 12 heavy (non-hydrogen) atoms. The molecule has 0 amide bonds. The number of ether oxygens (including phenoxy) is 1. The highest BCUT2D eigenvalue weighted by Gasteiger charge is 1.90. The van der Waals surface area contributed by atoms with Crippen LogP contribution in [-0.2, 0) is 4.74 Å². The van der Waals surface area contributed by atoms with Gasteiger partial charge in [0, 0.05) is 0 Å². The normalized spacial score (nSPS) is 12.9. The van der Waals surface area contributed by atoms with Gasteiger partial charge in [-0.3, -0.25) is 0 Å². The lowest BCUT2D eigenvalue weighted by Crippen LogP contribution is -1.91. The largest absolute Gasteiger partial charge is 0.494 e. The summed E-state index contributed by atoms with van der Waals surface area (Å²) in [4.78, 5) is 0. The van der Waals surface area contributed by atoms with Crippen LogP contribution in [0.1, 0.15) is 27.2 Å². The Morgan fingerprint density at radius 1 is 1.50 bits per heavy atom. The fourth-order valence-corrected chi connectivity index (χ4v) is 0.712. The van der Waals surface area contributed by atoms with E-state index in [1.54, 1.807) is 0 Å². The molecular formula is C11H18O. The Labute approximate surface area is 75.4 Å². The second-order valence-electron chi connectivity index (χ2n) is 2.63. The van der Waals surface area contributed by atoms with Gasteiger partial charge in [0.05, 0.1) is 6.61 Å². The molecule has 0 saturated carbocycles. The molecular weight excluding hydrogens is 148 g/mol. The lowest BCUT2D eigenvalue weighted by molar-refractivity contribution is 0.224. The van der Waals surface area contributed by atoms with Crippen LogP contribution in [0.5, 0.6) is 0 Å². The summed E-state index contributed by atoms with van der Waals surface area (Å²) in [5.74, 6) is 0.925. The van der Waals surface area contributed by atoms with Crippen LogP contribution < -0.4 is 0 Å². The molecule has 68 valence electrons. The molecule has 0 aliphatic rings. The molecule has 0 aliphatic heterocycles. The molecule has 0 atom stereocenters. The van der Waals surface area contributed by atoms with Gasteiger partial charge < -0.3 is 4.74 Å². The van der Waals surface area contributed by atoms with Crippen molar-refractivity contribution >= 4 is 0 Å². The molecule has 0 radical (unpaired) electrons. The molecule has 0 rings (SSSR count). The Hall–Kier alpha value is -0.980. The highest BCUT2D eigenvalue weighted by molar-refractivity contribution is 5.23. The maximum atomic E-state index is 5.45. The van der Waals surface area contributed by atoms with E-state index < -0.39 is 0 Å². The van der Waals surface area contributed by atoms with Crippen molar-refractivity contribution < 1.29 is 4.74 Å². The predicted molar refractivity (Wildman–Crippen MR) is 54.0 cm³/mol. The minimum Gasteiger partial charge on any atom is -0.494 e. The Morgan fingerprint density at radius 3 is 2.58 bits per heavy atom. The third-order valence-corrected chi connectivity index (χ3v) is 1.45. The third kappa shape index (κ3) is 4.78. The van der Waals surface area contributed by atoms with Gasteiger partial charge in [0.1, 0.15) is 5.76 Å². The van der Waals surface area contributed by atoms with Crippen molar-refractivity contribution in [1.29, 1.82) is 0 Å². The number of rotatable bonds is 5. The van der Waals surface area contributed by atoms with E-state index in [0.29, 0.717) is 0 Å². The Bertz CT molecular complexity index is 187. The Morgan fingerprint density at radius 2 is 2.17 bits per heavy atom. The summed E-state index contributed by atoms with van der Waals surface area (Å²) in [6.07, 6.45) is 6.81. The van der Waals surface area contributed by atoms with E-state index in [1.165, 1.54) is 0 Å². The SMILES string of the molecule is C=C/C(C)=C\C(=C/C)OCCC. The fourth-order valence-electron chi connectivity index (χ4n) is 0.712. The van der Waals surface area contributed by atoms with Crippen LogP contribution >= 0.6 is 0 Å². The van der Waals surface area contributed by atoms with Crippen LogP contribution in [0.3, 0.4) is 0 Å². The molecule has 0 aromatic rings. The van der Waals surface area contributed by atoms with Crippen molar-refractivity contribution in [2.45, 2.75) is 27.2 Å². The van der Waals surface area contributed by atoms with Gasteiger partial charge in [-0.1, -0.05) is 19.6 Å². The molecule has 0 unspecified atom stereocenters. The quantitative estimate of drug-likeness (QED) is 0.449. The first-order valence-corrected chi connectivity index (χ1v) is 4.34. The molecule has 0 aliphatic carbocycles. The van der Waals surface area contributed by atoms with Crippen LogP contribution in [0.25, 0.3) is 0 Å². The zero-order chi connectivity index (χ0) is 9.40. The second-order valence-corrected chi connectivity index (χ2v) is 2.63. The zero-order valence-electron chi connectivity index (χ0n) is 8.26. The van der Waals surface area contributed by atoms with Gasteiger partial charge in [0.25, 0.3) is 0 Å². The molecule has 0 spiro atoms. The third-order valence-electron chi connectivity index (χ3n) is 1.45. The van der Waals surface area contributed by atoms with Crippen LogP contribution in [0.15, 0.2) is 36.1 Å². The summed E-state index contributed by atoms with van der Waals surface area (Å²) in [5.41, 5.74) is 1.12. The Kier molecular flexibility index (Phi) is 6.16. The van der Waals surface area contributed by atoms with Gasteiger partial charge in [-0.05, 0) is 38.0 Å². The lowest BCUT2D eigenvalue weighted by atomic mass is 10.2. The van der Waals surface area contributed by atoms with E-state index in [-0.39, 0.29) is 0 Å². The van der Waals surface area contributed by atoms with Crippen LogP contribution in [0.2, 0.25) is 0 Å². The number of allylic oxidation sites excluding steroid dienone is 4. The average molecular weight is 166 g/mol. The molecule has 0 aromatic heterocycles. The molecule has 0 N–H and O–H groups in total. The van der Waals surface area contributed by atoms with Crippen LogP contribution in [-0.4, -0.2) is 6.61 Å². The molecule has 0 aromatic carbocycles. The number of hydrogen-bond acceptors (Lipinski definition) is 1.